The van der Waals surface area contributed by atoms with Crippen molar-refractivity contribution in [1.82, 2.24) is 5.32 Å². The average Bonchev–Trinajstić information content (AvgIpc) is 2.44. The molecule has 2 rings (SSSR count). The van der Waals surface area contributed by atoms with Crippen LogP contribution in [0, 0.1) is 5.92 Å². The molecular formula is C17H25NO. The van der Waals surface area contributed by atoms with Crippen molar-refractivity contribution in [1.29, 1.82) is 0 Å². The van der Waals surface area contributed by atoms with Gasteiger partial charge in [0, 0.05) is 6.04 Å². The minimum Gasteiger partial charge on any atom is -0.496 e. The number of methoxy groups -OCH3 is 1. The van der Waals surface area contributed by atoms with Crippen molar-refractivity contribution in [3.05, 3.63) is 42.0 Å². The zero-order valence-corrected chi connectivity index (χ0v) is 12.1. The largest absolute Gasteiger partial charge is 0.496 e. The van der Waals surface area contributed by atoms with E-state index in [9.17, 15) is 0 Å². The average molecular weight is 259 g/mol. The number of allylic oxidation sites excluding steroid dienone is 1. The number of hydrogen-bond acceptors (Lipinski definition) is 2. The van der Waals surface area contributed by atoms with E-state index in [0.717, 1.165) is 31.6 Å². The summed E-state index contributed by atoms with van der Waals surface area (Å²) in [7, 11) is 1.76. The van der Waals surface area contributed by atoms with Crippen LogP contribution >= 0.6 is 0 Å². The molecule has 2 atom stereocenters. The standard InChI is InChI=1S/C17H25NO/c1-4-7-14-11-13-8-6-9-17(19-3)15(13)12-16(14)18-10-5-2/h4,6,8-9,14,16,18H,1,5,7,10-12H2,2-3H3/t14-,16+/m0/s1. The van der Waals surface area contributed by atoms with E-state index >= 15 is 0 Å². The highest BCUT2D eigenvalue weighted by Gasteiger charge is 2.28. The summed E-state index contributed by atoms with van der Waals surface area (Å²) in [5.41, 5.74) is 2.83. The predicted octanol–water partition coefficient (Wildman–Crippen LogP) is 3.35. The molecule has 0 spiro atoms. The lowest BCUT2D eigenvalue weighted by Gasteiger charge is -2.34. The van der Waals surface area contributed by atoms with Crippen LogP contribution in [0.5, 0.6) is 5.75 Å². The maximum atomic E-state index is 5.51. The molecule has 1 aliphatic carbocycles. The molecule has 0 bridgehead atoms. The molecule has 1 aromatic carbocycles. The second-order valence-corrected chi connectivity index (χ2v) is 5.35. The van der Waals surface area contributed by atoms with Crippen molar-refractivity contribution in [2.45, 2.75) is 38.6 Å². The fourth-order valence-corrected chi connectivity index (χ4v) is 3.07. The highest BCUT2D eigenvalue weighted by atomic mass is 16.5. The number of benzene rings is 1. The first-order valence-electron chi connectivity index (χ1n) is 7.29. The highest BCUT2D eigenvalue weighted by Crippen LogP contribution is 2.33. The molecule has 0 aliphatic heterocycles. The van der Waals surface area contributed by atoms with E-state index in [1.807, 2.05) is 0 Å². The second-order valence-electron chi connectivity index (χ2n) is 5.35. The Bertz CT molecular complexity index is 427. The van der Waals surface area contributed by atoms with Gasteiger partial charge in [-0.05, 0) is 55.3 Å². The van der Waals surface area contributed by atoms with Crippen LogP contribution in [0.25, 0.3) is 0 Å². The maximum absolute atomic E-state index is 5.51. The third-order valence-corrected chi connectivity index (χ3v) is 4.05. The van der Waals surface area contributed by atoms with E-state index in [1.165, 1.54) is 17.5 Å². The van der Waals surface area contributed by atoms with Gasteiger partial charge in [-0.25, -0.2) is 0 Å². The van der Waals surface area contributed by atoms with Crippen molar-refractivity contribution >= 4 is 0 Å². The van der Waals surface area contributed by atoms with Crippen molar-refractivity contribution in [3.63, 3.8) is 0 Å². The van der Waals surface area contributed by atoms with Crippen molar-refractivity contribution in [2.24, 2.45) is 5.92 Å². The Labute approximate surface area is 116 Å². The smallest absolute Gasteiger partial charge is 0.122 e. The normalized spacial score (nSPS) is 21.8. The van der Waals surface area contributed by atoms with Gasteiger partial charge in [-0.15, -0.1) is 6.58 Å². The zero-order valence-electron chi connectivity index (χ0n) is 12.1. The predicted molar refractivity (Wildman–Crippen MR) is 80.8 cm³/mol. The van der Waals surface area contributed by atoms with E-state index in [1.54, 1.807) is 7.11 Å². The molecular weight excluding hydrogens is 234 g/mol. The van der Waals surface area contributed by atoms with Crippen molar-refractivity contribution in [3.8, 4) is 5.75 Å². The summed E-state index contributed by atoms with van der Waals surface area (Å²) in [5.74, 6) is 1.70. The Morgan fingerprint density at radius 1 is 1.42 bits per heavy atom. The summed E-state index contributed by atoms with van der Waals surface area (Å²) in [6.45, 7) is 7.21. The maximum Gasteiger partial charge on any atom is 0.122 e. The van der Waals surface area contributed by atoms with Gasteiger partial charge in [0.2, 0.25) is 0 Å². The van der Waals surface area contributed by atoms with Gasteiger partial charge in [-0.1, -0.05) is 25.1 Å². The van der Waals surface area contributed by atoms with Gasteiger partial charge >= 0.3 is 0 Å². The molecule has 0 unspecified atom stereocenters. The van der Waals surface area contributed by atoms with Gasteiger partial charge in [0.1, 0.15) is 5.75 Å². The van der Waals surface area contributed by atoms with Gasteiger partial charge in [-0.3, -0.25) is 0 Å². The summed E-state index contributed by atoms with van der Waals surface area (Å²) in [4.78, 5) is 0. The van der Waals surface area contributed by atoms with E-state index in [0.29, 0.717) is 12.0 Å². The summed E-state index contributed by atoms with van der Waals surface area (Å²) in [5, 5.41) is 3.70. The monoisotopic (exact) mass is 259 g/mol. The molecule has 0 radical (unpaired) electrons. The van der Waals surface area contributed by atoms with E-state index in [2.05, 4.69) is 43.1 Å². The molecule has 0 fully saturated rings. The summed E-state index contributed by atoms with van der Waals surface area (Å²) in [6.07, 6.45) is 6.50. The summed E-state index contributed by atoms with van der Waals surface area (Å²) >= 11 is 0. The van der Waals surface area contributed by atoms with Crippen LogP contribution in [0.2, 0.25) is 0 Å². The number of fused-ring (bicyclic) bond motifs is 1. The quantitative estimate of drug-likeness (QED) is 0.791. The molecule has 2 nitrogen and oxygen atoms in total. The highest BCUT2D eigenvalue weighted by molar-refractivity contribution is 5.43. The van der Waals surface area contributed by atoms with Gasteiger partial charge in [0.25, 0.3) is 0 Å². The molecule has 0 saturated heterocycles. The number of rotatable bonds is 6. The van der Waals surface area contributed by atoms with Crippen molar-refractivity contribution < 1.29 is 4.74 Å². The first-order chi connectivity index (χ1) is 9.30. The molecule has 0 aromatic heterocycles. The Morgan fingerprint density at radius 3 is 2.95 bits per heavy atom. The third kappa shape index (κ3) is 3.19. The number of ether oxygens (including phenoxy) is 1. The third-order valence-electron chi connectivity index (χ3n) is 4.05. The SMILES string of the molecule is C=CC[C@H]1Cc2cccc(OC)c2C[C@H]1NCCC. The lowest BCUT2D eigenvalue weighted by molar-refractivity contribution is 0.323. The summed E-state index contributed by atoms with van der Waals surface area (Å²) < 4.78 is 5.51. The lowest BCUT2D eigenvalue weighted by atomic mass is 9.78. The molecule has 2 heteroatoms. The molecule has 1 aromatic rings. The van der Waals surface area contributed by atoms with Crippen LogP contribution < -0.4 is 10.1 Å². The van der Waals surface area contributed by atoms with Crippen LogP contribution in [0.4, 0.5) is 0 Å². The molecule has 1 N–H and O–H groups in total. The first-order valence-corrected chi connectivity index (χ1v) is 7.29. The first kappa shape index (κ1) is 14.1. The molecule has 19 heavy (non-hydrogen) atoms. The van der Waals surface area contributed by atoms with Crippen LogP contribution in [0.1, 0.15) is 30.9 Å². The Balaban J connectivity index is 2.23. The summed E-state index contributed by atoms with van der Waals surface area (Å²) in [6, 6.07) is 6.96. The Kier molecular flexibility index (Phi) is 5.03. The molecule has 0 saturated carbocycles. The van der Waals surface area contributed by atoms with Crippen LogP contribution in [0.3, 0.4) is 0 Å². The van der Waals surface area contributed by atoms with E-state index < -0.39 is 0 Å². The minimum atomic E-state index is 0.543. The Hall–Kier alpha value is -1.28. The van der Waals surface area contributed by atoms with Crippen molar-refractivity contribution in [2.75, 3.05) is 13.7 Å². The van der Waals surface area contributed by atoms with E-state index in [4.69, 9.17) is 4.74 Å². The minimum absolute atomic E-state index is 0.543. The topological polar surface area (TPSA) is 21.3 Å². The molecule has 104 valence electrons. The van der Waals surface area contributed by atoms with Gasteiger partial charge in [0.05, 0.1) is 7.11 Å². The Morgan fingerprint density at radius 2 is 2.26 bits per heavy atom. The van der Waals surface area contributed by atoms with Crippen LogP contribution in [-0.4, -0.2) is 19.7 Å². The molecule has 0 amide bonds. The molecule has 0 heterocycles. The fourth-order valence-electron chi connectivity index (χ4n) is 3.07. The fraction of sp³-hybridized carbons (Fsp3) is 0.529. The van der Waals surface area contributed by atoms with Gasteiger partial charge in [0.15, 0.2) is 0 Å². The number of nitrogens with one attached hydrogen (secondary N) is 1. The van der Waals surface area contributed by atoms with E-state index in [-0.39, 0.29) is 0 Å². The number of hydrogen-bond donors (Lipinski definition) is 1. The second kappa shape index (κ2) is 6.76. The van der Waals surface area contributed by atoms with Crippen LogP contribution in [-0.2, 0) is 12.8 Å². The van der Waals surface area contributed by atoms with Gasteiger partial charge in [-0.2, -0.15) is 0 Å². The van der Waals surface area contributed by atoms with Crippen LogP contribution in [0.15, 0.2) is 30.9 Å². The zero-order chi connectivity index (χ0) is 13.7. The molecule has 1 aliphatic rings. The van der Waals surface area contributed by atoms with Gasteiger partial charge < -0.3 is 10.1 Å². The lowest BCUT2D eigenvalue weighted by Crippen LogP contribution is -2.42.